The van der Waals surface area contributed by atoms with Crippen LogP contribution in [0.3, 0.4) is 0 Å². The highest BCUT2D eigenvalue weighted by molar-refractivity contribution is 5.32. The van der Waals surface area contributed by atoms with Crippen LogP contribution in [0.5, 0.6) is 0 Å². The molecule has 1 heterocycles. The van der Waals surface area contributed by atoms with Crippen molar-refractivity contribution in [2.45, 2.75) is 26.2 Å². The summed E-state index contributed by atoms with van der Waals surface area (Å²) in [5, 5.41) is 3.94. The number of nitrogens with zero attached hydrogens (tertiary/aromatic N) is 1. The lowest BCUT2D eigenvalue weighted by Crippen LogP contribution is -1.99. The maximum absolute atomic E-state index is 5.00. The van der Waals surface area contributed by atoms with Gasteiger partial charge in [0.1, 0.15) is 6.26 Å². The molecule has 1 aromatic carbocycles. The molecule has 0 saturated carbocycles. The summed E-state index contributed by atoms with van der Waals surface area (Å²) in [7, 11) is 0. The van der Waals surface area contributed by atoms with Gasteiger partial charge in [-0.25, -0.2) is 0 Å². The Morgan fingerprint density at radius 3 is 2.53 bits per heavy atom. The van der Waals surface area contributed by atoms with Gasteiger partial charge in [-0.15, -0.1) is 0 Å². The standard InChI is InChI=1S/C13H15NO/c1-3-12(11-7-5-4-6-8-11)13-9-15-14-10(13)2/h4-9,12H,3H2,1-2H3. The lowest BCUT2D eigenvalue weighted by Gasteiger charge is -2.13. The van der Waals surface area contributed by atoms with E-state index in [-0.39, 0.29) is 0 Å². The summed E-state index contributed by atoms with van der Waals surface area (Å²) >= 11 is 0. The van der Waals surface area contributed by atoms with Crippen molar-refractivity contribution in [3.05, 3.63) is 53.4 Å². The number of rotatable bonds is 3. The zero-order valence-electron chi connectivity index (χ0n) is 9.10. The Morgan fingerprint density at radius 1 is 1.27 bits per heavy atom. The molecular weight excluding hydrogens is 186 g/mol. The topological polar surface area (TPSA) is 26.0 Å². The van der Waals surface area contributed by atoms with Gasteiger partial charge in [-0.1, -0.05) is 42.4 Å². The predicted molar refractivity (Wildman–Crippen MR) is 59.8 cm³/mol. The highest BCUT2D eigenvalue weighted by Crippen LogP contribution is 2.29. The van der Waals surface area contributed by atoms with E-state index < -0.39 is 0 Å². The molecule has 0 aliphatic rings. The van der Waals surface area contributed by atoms with Crippen LogP contribution in [0.4, 0.5) is 0 Å². The van der Waals surface area contributed by atoms with Crippen molar-refractivity contribution in [1.82, 2.24) is 5.16 Å². The van der Waals surface area contributed by atoms with Crippen LogP contribution in [0.25, 0.3) is 0 Å². The maximum Gasteiger partial charge on any atom is 0.127 e. The molecule has 0 bridgehead atoms. The van der Waals surface area contributed by atoms with Gasteiger partial charge in [0.05, 0.1) is 5.69 Å². The van der Waals surface area contributed by atoms with Crippen LogP contribution < -0.4 is 0 Å². The normalized spacial score (nSPS) is 12.7. The summed E-state index contributed by atoms with van der Waals surface area (Å²) < 4.78 is 5.00. The van der Waals surface area contributed by atoms with Gasteiger partial charge in [0, 0.05) is 11.5 Å². The fourth-order valence-electron chi connectivity index (χ4n) is 1.95. The fourth-order valence-corrected chi connectivity index (χ4v) is 1.95. The Bertz CT molecular complexity index is 419. The minimum Gasteiger partial charge on any atom is -0.364 e. The average Bonchev–Trinajstić information content (AvgIpc) is 2.68. The van der Waals surface area contributed by atoms with E-state index in [2.05, 4.69) is 36.3 Å². The van der Waals surface area contributed by atoms with Gasteiger partial charge in [0.25, 0.3) is 0 Å². The summed E-state index contributed by atoms with van der Waals surface area (Å²) in [6.45, 7) is 4.18. The van der Waals surface area contributed by atoms with Gasteiger partial charge in [0.2, 0.25) is 0 Å². The first-order valence-corrected chi connectivity index (χ1v) is 5.28. The summed E-state index contributed by atoms with van der Waals surface area (Å²) in [6, 6.07) is 10.5. The van der Waals surface area contributed by atoms with Gasteiger partial charge in [-0.05, 0) is 18.9 Å². The number of hydrogen-bond acceptors (Lipinski definition) is 2. The van der Waals surface area contributed by atoms with Crippen molar-refractivity contribution in [2.75, 3.05) is 0 Å². The predicted octanol–water partition coefficient (Wildman–Crippen LogP) is 3.52. The molecule has 2 aromatic rings. The molecule has 1 aromatic heterocycles. The molecular formula is C13H15NO. The van der Waals surface area contributed by atoms with E-state index in [0.717, 1.165) is 12.1 Å². The Kier molecular flexibility index (Phi) is 2.86. The van der Waals surface area contributed by atoms with Crippen molar-refractivity contribution >= 4 is 0 Å². The van der Waals surface area contributed by atoms with Crippen molar-refractivity contribution in [1.29, 1.82) is 0 Å². The van der Waals surface area contributed by atoms with Gasteiger partial charge >= 0.3 is 0 Å². The maximum atomic E-state index is 5.00. The molecule has 0 saturated heterocycles. The van der Waals surface area contributed by atoms with Crippen molar-refractivity contribution < 1.29 is 4.52 Å². The molecule has 2 rings (SSSR count). The summed E-state index contributed by atoms with van der Waals surface area (Å²) in [5.41, 5.74) is 3.51. The van der Waals surface area contributed by atoms with Crippen LogP contribution in [0.15, 0.2) is 41.1 Å². The zero-order chi connectivity index (χ0) is 10.7. The van der Waals surface area contributed by atoms with Gasteiger partial charge in [-0.2, -0.15) is 0 Å². The molecule has 0 aliphatic heterocycles. The van der Waals surface area contributed by atoms with Gasteiger partial charge in [-0.3, -0.25) is 0 Å². The second-order valence-corrected chi connectivity index (χ2v) is 3.73. The minimum atomic E-state index is 0.400. The minimum absolute atomic E-state index is 0.400. The number of aryl methyl sites for hydroxylation is 1. The van der Waals surface area contributed by atoms with E-state index in [1.807, 2.05) is 13.0 Å². The highest BCUT2D eigenvalue weighted by atomic mass is 16.5. The molecule has 0 N–H and O–H groups in total. The quantitative estimate of drug-likeness (QED) is 0.759. The van der Waals surface area contributed by atoms with E-state index in [1.54, 1.807) is 6.26 Å². The second-order valence-electron chi connectivity index (χ2n) is 3.73. The molecule has 2 heteroatoms. The lowest BCUT2D eigenvalue weighted by molar-refractivity contribution is 0.414. The van der Waals surface area contributed by atoms with E-state index in [1.165, 1.54) is 11.1 Å². The Balaban J connectivity index is 2.37. The summed E-state index contributed by atoms with van der Waals surface area (Å²) in [6.07, 6.45) is 2.82. The Hall–Kier alpha value is -1.57. The number of benzene rings is 1. The third kappa shape index (κ3) is 1.94. The third-order valence-electron chi connectivity index (χ3n) is 2.77. The molecule has 0 fully saturated rings. The molecule has 0 spiro atoms. The van der Waals surface area contributed by atoms with E-state index >= 15 is 0 Å². The SMILES string of the molecule is CCC(c1ccccc1)c1conc1C. The first-order chi connectivity index (χ1) is 7.33. The van der Waals surface area contributed by atoms with Crippen LogP contribution >= 0.6 is 0 Å². The molecule has 78 valence electrons. The molecule has 2 nitrogen and oxygen atoms in total. The largest absolute Gasteiger partial charge is 0.364 e. The van der Waals surface area contributed by atoms with E-state index in [4.69, 9.17) is 4.52 Å². The zero-order valence-corrected chi connectivity index (χ0v) is 9.10. The third-order valence-corrected chi connectivity index (χ3v) is 2.77. The molecule has 1 atom stereocenters. The van der Waals surface area contributed by atoms with Gasteiger partial charge in [0.15, 0.2) is 0 Å². The first-order valence-electron chi connectivity index (χ1n) is 5.28. The molecule has 0 aliphatic carbocycles. The number of hydrogen-bond donors (Lipinski definition) is 0. The lowest BCUT2D eigenvalue weighted by atomic mass is 9.90. The number of aromatic nitrogens is 1. The molecule has 0 radical (unpaired) electrons. The van der Waals surface area contributed by atoms with Crippen LogP contribution in [-0.2, 0) is 0 Å². The van der Waals surface area contributed by atoms with Crippen LogP contribution in [0.1, 0.15) is 36.1 Å². The molecule has 0 amide bonds. The smallest absolute Gasteiger partial charge is 0.127 e. The van der Waals surface area contributed by atoms with Crippen molar-refractivity contribution in [2.24, 2.45) is 0 Å². The Morgan fingerprint density at radius 2 is 2.00 bits per heavy atom. The van der Waals surface area contributed by atoms with E-state index in [0.29, 0.717) is 5.92 Å². The molecule has 1 unspecified atom stereocenters. The summed E-state index contributed by atoms with van der Waals surface area (Å²) in [4.78, 5) is 0. The van der Waals surface area contributed by atoms with Gasteiger partial charge < -0.3 is 4.52 Å². The van der Waals surface area contributed by atoms with E-state index in [9.17, 15) is 0 Å². The first kappa shape index (κ1) is 9.97. The highest BCUT2D eigenvalue weighted by Gasteiger charge is 2.16. The summed E-state index contributed by atoms with van der Waals surface area (Å²) in [5.74, 6) is 0.400. The molecule has 15 heavy (non-hydrogen) atoms. The van der Waals surface area contributed by atoms with Crippen molar-refractivity contribution in [3.8, 4) is 0 Å². The second kappa shape index (κ2) is 4.30. The monoisotopic (exact) mass is 201 g/mol. The average molecular weight is 201 g/mol. The van der Waals surface area contributed by atoms with Crippen LogP contribution in [-0.4, -0.2) is 5.16 Å². The fraction of sp³-hybridized carbons (Fsp3) is 0.308. The van der Waals surface area contributed by atoms with Crippen LogP contribution in [0.2, 0.25) is 0 Å². The van der Waals surface area contributed by atoms with Crippen LogP contribution in [0, 0.1) is 6.92 Å². The van der Waals surface area contributed by atoms with Crippen molar-refractivity contribution in [3.63, 3.8) is 0 Å². The Labute approximate surface area is 89.9 Å².